The highest BCUT2D eigenvalue weighted by Gasteiger charge is 2.31. The zero-order valence-electron chi connectivity index (χ0n) is 19.6. The number of amides is 1. The molecule has 0 aliphatic carbocycles. The van der Waals surface area contributed by atoms with Crippen LogP contribution in [0.2, 0.25) is 0 Å². The maximum Gasteiger partial charge on any atom is 0.416 e. The molecule has 0 aromatic heterocycles. The number of alkyl halides is 3. The highest BCUT2D eigenvalue weighted by atomic mass is 32.2. The van der Waals surface area contributed by atoms with Crippen molar-refractivity contribution in [3.05, 3.63) is 53.6 Å². The molecule has 0 bridgehead atoms. The number of hydrogen-bond acceptors (Lipinski definition) is 6. The quantitative estimate of drug-likeness (QED) is 0.500. The van der Waals surface area contributed by atoms with Crippen LogP contribution in [0.5, 0.6) is 0 Å². The third kappa shape index (κ3) is 7.33. The van der Waals surface area contributed by atoms with E-state index in [1.165, 1.54) is 12.1 Å². The average Bonchev–Trinajstić information content (AvgIpc) is 2.81. The number of hydrogen-bond donors (Lipinski definition) is 2. The van der Waals surface area contributed by atoms with E-state index in [1.54, 1.807) is 25.1 Å². The summed E-state index contributed by atoms with van der Waals surface area (Å²) < 4.78 is 72.1. The van der Waals surface area contributed by atoms with Crippen molar-refractivity contribution in [1.82, 2.24) is 10.2 Å². The van der Waals surface area contributed by atoms with Gasteiger partial charge in [-0.1, -0.05) is 6.07 Å². The smallest absolute Gasteiger partial charge is 0.379 e. The molecule has 0 spiro atoms. The summed E-state index contributed by atoms with van der Waals surface area (Å²) in [6, 6.07) is 7.88. The Balaban J connectivity index is 1.72. The SMILES string of the molecule is CN(C)c1ccc(NS(=O)(=O)c2cccc(C(F)(F)F)c2)cc1C(=O)NCCCN1CCOCC1. The van der Waals surface area contributed by atoms with Gasteiger partial charge in [-0.2, -0.15) is 13.2 Å². The Bertz CT molecular complexity index is 1130. The number of nitrogens with zero attached hydrogens (tertiary/aromatic N) is 2. The maximum atomic E-state index is 13.0. The minimum atomic E-state index is -4.67. The Kier molecular flexibility index (Phi) is 8.62. The second-order valence-electron chi connectivity index (χ2n) is 8.32. The number of morpholine rings is 1. The van der Waals surface area contributed by atoms with Gasteiger partial charge in [0.2, 0.25) is 0 Å². The number of benzene rings is 2. The van der Waals surface area contributed by atoms with Crippen LogP contribution in [0.15, 0.2) is 47.4 Å². The molecule has 0 unspecified atom stereocenters. The van der Waals surface area contributed by atoms with Crippen molar-refractivity contribution in [2.75, 3.05) is 63.1 Å². The highest BCUT2D eigenvalue weighted by Crippen LogP contribution is 2.31. The summed E-state index contributed by atoms with van der Waals surface area (Å²) in [6.07, 6.45) is -3.93. The van der Waals surface area contributed by atoms with Crippen molar-refractivity contribution in [1.29, 1.82) is 0 Å². The van der Waals surface area contributed by atoms with E-state index in [1.807, 2.05) is 0 Å². The van der Waals surface area contributed by atoms with Crippen molar-refractivity contribution in [2.45, 2.75) is 17.5 Å². The van der Waals surface area contributed by atoms with E-state index >= 15 is 0 Å². The maximum absolute atomic E-state index is 13.0. The summed E-state index contributed by atoms with van der Waals surface area (Å²) in [5.74, 6) is -0.379. The van der Waals surface area contributed by atoms with Gasteiger partial charge >= 0.3 is 6.18 Å². The summed E-state index contributed by atoms with van der Waals surface area (Å²) in [4.78, 5) is 16.3. The lowest BCUT2D eigenvalue weighted by molar-refractivity contribution is -0.137. The van der Waals surface area contributed by atoms with Crippen LogP contribution in [-0.4, -0.2) is 72.7 Å². The summed E-state index contributed by atoms with van der Waals surface area (Å²) in [6.45, 7) is 4.35. The number of nitrogens with one attached hydrogen (secondary N) is 2. The van der Waals surface area contributed by atoms with Gasteiger partial charge in [0.1, 0.15) is 0 Å². The molecule has 1 aliphatic heterocycles. The first kappa shape index (κ1) is 26.8. The number of halogens is 3. The van der Waals surface area contributed by atoms with Gasteiger partial charge in [0.15, 0.2) is 0 Å². The predicted molar refractivity (Wildman–Crippen MR) is 127 cm³/mol. The second-order valence-corrected chi connectivity index (χ2v) is 10.0. The monoisotopic (exact) mass is 514 g/mol. The van der Waals surface area contributed by atoms with Crippen LogP contribution in [0.3, 0.4) is 0 Å². The van der Waals surface area contributed by atoms with Crippen LogP contribution < -0.4 is 14.9 Å². The minimum absolute atomic E-state index is 0.0616. The molecule has 0 saturated carbocycles. The fourth-order valence-electron chi connectivity index (χ4n) is 3.65. The molecule has 0 atom stereocenters. The van der Waals surface area contributed by atoms with E-state index in [9.17, 15) is 26.4 Å². The number of sulfonamides is 1. The van der Waals surface area contributed by atoms with E-state index in [2.05, 4.69) is 14.9 Å². The Morgan fingerprint density at radius 2 is 1.83 bits per heavy atom. The van der Waals surface area contributed by atoms with Crippen molar-refractivity contribution in [3.8, 4) is 0 Å². The zero-order chi connectivity index (χ0) is 25.6. The summed E-state index contributed by atoms with van der Waals surface area (Å²) in [7, 11) is -0.822. The van der Waals surface area contributed by atoms with E-state index in [0.29, 0.717) is 31.5 Å². The van der Waals surface area contributed by atoms with Crippen LogP contribution in [-0.2, 0) is 20.9 Å². The van der Waals surface area contributed by atoms with Crippen molar-refractivity contribution in [3.63, 3.8) is 0 Å². The van der Waals surface area contributed by atoms with Crippen LogP contribution in [0.1, 0.15) is 22.3 Å². The largest absolute Gasteiger partial charge is 0.416 e. The lowest BCUT2D eigenvalue weighted by Gasteiger charge is -2.26. The number of ether oxygens (including phenoxy) is 1. The van der Waals surface area contributed by atoms with E-state index < -0.39 is 26.7 Å². The summed E-state index contributed by atoms with van der Waals surface area (Å²) in [5.41, 5.74) is -0.199. The molecule has 8 nitrogen and oxygen atoms in total. The summed E-state index contributed by atoms with van der Waals surface area (Å²) in [5, 5.41) is 2.85. The number of carbonyl (C=O) groups is 1. The first-order chi connectivity index (χ1) is 16.5. The molecule has 12 heteroatoms. The number of carbonyl (C=O) groups excluding carboxylic acids is 1. The Morgan fingerprint density at radius 1 is 1.11 bits per heavy atom. The van der Waals surface area contributed by atoms with Gasteiger partial charge in [-0.3, -0.25) is 14.4 Å². The number of anilines is 2. The van der Waals surface area contributed by atoms with Gasteiger partial charge in [0, 0.05) is 45.1 Å². The van der Waals surface area contributed by atoms with Crippen LogP contribution in [0.4, 0.5) is 24.5 Å². The Morgan fingerprint density at radius 3 is 2.49 bits per heavy atom. The fourth-order valence-corrected chi connectivity index (χ4v) is 4.74. The van der Waals surface area contributed by atoms with Crippen molar-refractivity contribution in [2.24, 2.45) is 0 Å². The van der Waals surface area contributed by atoms with Crippen molar-refractivity contribution >= 4 is 27.3 Å². The van der Waals surface area contributed by atoms with E-state index in [4.69, 9.17) is 4.74 Å². The first-order valence-corrected chi connectivity index (χ1v) is 12.6. The molecule has 3 rings (SSSR count). The highest BCUT2D eigenvalue weighted by molar-refractivity contribution is 7.92. The molecule has 1 amide bonds. The van der Waals surface area contributed by atoms with Gasteiger partial charge in [-0.15, -0.1) is 0 Å². The fraction of sp³-hybridized carbons (Fsp3) is 0.435. The third-order valence-electron chi connectivity index (χ3n) is 5.49. The lowest BCUT2D eigenvalue weighted by atomic mass is 10.1. The predicted octanol–water partition coefficient (Wildman–Crippen LogP) is 3.02. The average molecular weight is 515 g/mol. The topological polar surface area (TPSA) is 91.0 Å². The molecule has 2 aromatic rings. The minimum Gasteiger partial charge on any atom is -0.379 e. The Hall–Kier alpha value is -2.83. The molecule has 2 N–H and O–H groups in total. The van der Waals surface area contributed by atoms with Gasteiger partial charge < -0.3 is 15.0 Å². The van der Waals surface area contributed by atoms with Gasteiger partial charge in [0.05, 0.1) is 29.2 Å². The third-order valence-corrected chi connectivity index (χ3v) is 6.87. The molecule has 1 heterocycles. The van der Waals surface area contributed by atoms with E-state index in [0.717, 1.165) is 44.3 Å². The van der Waals surface area contributed by atoms with E-state index in [-0.39, 0.29) is 17.2 Å². The normalized spacial score (nSPS) is 15.0. The molecule has 0 radical (unpaired) electrons. The van der Waals surface area contributed by atoms with Gasteiger partial charge in [-0.05, 0) is 49.4 Å². The zero-order valence-corrected chi connectivity index (χ0v) is 20.4. The standard InChI is InChI=1S/C23H29F3N4O4S/c1-29(2)21-8-7-18(28-35(32,33)19-6-3-5-17(15-19)23(24,25)26)16-20(21)22(31)27-9-4-10-30-11-13-34-14-12-30/h3,5-8,15-16,28H,4,9-14H2,1-2H3,(H,27,31). The summed E-state index contributed by atoms with van der Waals surface area (Å²) >= 11 is 0. The van der Waals surface area contributed by atoms with Gasteiger partial charge in [0.25, 0.3) is 15.9 Å². The number of rotatable bonds is 9. The lowest BCUT2D eigenvalue weighted by Crippen LogP contribution is -2.38. The second kappa shape index (κ2) is 11.3. The molecule has 1 aliphatic rings. The van der Waals surface area contributed by atoms with Crippen LogP contribution in [0, 0.1) is 0 Å². The molecule has 35 heavy (non-hydrogen) atoms. The first-order valence-electron chi connectivity index (χ1n) is 11.1. The van der Waals surface area contributed by atoms with Crippen LogP contribution in [0.25, 0.3) is 0 Å². The molecule has 192 valence electrons. The molecule has 1 saturated heterocycles. The molecule has 2 aromatic carbocycles. The Labute approximate surface area is 203 Å². The van der Waals surface area contributed by atoms with Crippen molar-refractivity contribution < 1.29 is 31.1 Å². The molecule has 1 fully saturated rings. The van der Waals surface area contributed by atoms with Gasteiger partial charge in [-0.25, -0.2) is 8.42 Å². The molecular weight excluding hydrogens is 485 g/mol. The molecular formula is C23H29F3N4O4S. The van der Waals surface area contributed by atoms with Crippen LogP contribution >= 0.6 is 0 Å².